The second-order valence-electron chi connectivity index (χ2n) is 4.01. The van der Waals surface area contributed by atoms with Crippen LogP contribution in [0.25, 0.3) is 0 Å². The number of nitro groups is 1. The van der Waals surface area contributed by atoms with Crippen LogP contribution in [0.15, 0.2) is 48.5 Å². The maximum atomic E-state index is 11.0. The Morgan fingerprint density at radius 2 is 1.90 bits per heavy atom. The van der Waals surface area contributed by atoms with Crippen LogP contribution >= 0.6 is 0 Å². The van der Waals surface area contributed by atoms with Gasteiger partial charge in [0.2, 0.25) is 0 Å². The van der Waals surface area contributed by atoms with Crippen molar-refractivity contribution in [1.29, 1.82) is 0 Å². The van der Waals surface area contributed by atoms with E-state index in [9.17, 15) is 14.9 Å². The number of rotatable bonds is 5. The van der Waals surface area contributed by atoms with E-state index in [1.165, 1.54) is 12.1 Å². The molecule has 102 valence electrons. The van der Waals surface area contributed by atoms with Gasteiger partial charge in [-0.1, -0.05) is 18.2 Å². The van der Waals surface area contributed by atoms with Gasteiger partial charge >= 0.3 is 5.97 Å². The first kappa shape index (κ1) is 13.5. The minimum atomic E-state index is -1.20. The monoisotopic (exact) mass is 273 g/mol. The Balaban J connectivity index is 2.23. The number of para-hydroxylation sites is 1. The van der Waals surface area contributed by atoms with Crippen LogP contribution in [-0.2, 0) is 6.61 Å². The van der Waals surface area contributed by atoms with Crippen molar-refractivity contribution >= 4 is 11.7 Å². The van der Waals surface area contributed by atoms with E-state index in [1.54, 1.807) is 24.3 Å². The van der Waals surface area contributed by atoms with Crippen LogP contribution in [0.3, 0.4) is 0 Å². The van der Waals surface area contributed by atoms with Crippen LogP contribution in [0.4, 0.5) is 5.69 Å². The molecule has 0 aliphatic heterocycles. The molecule has 0 fully saturated rings. The van der Waals surface area contributed by atoms with Crippen molar-refractivity contribution in [1.82, 2.24) is 0 Å². The molecule has 0 spiro atoms. The molecule has 0 unspecified atom stereocenters. The fourth-order valence-corrected chi connectivity index (χ4v) is 1.67. The van der Waals surface area contributed by atoms with E-state index in [0.717, 1.165) is 6.07 Å². The van der Waals surface area contributed by atoms with E-state index in [2.05, 4.69) is 0 Å². The Kier molecular flexibility index (Phi) is 3.95. The van der Waals surface area contributed by atoms with E-state index in [1.807, 2.05) is 6.07 Å². The van der Waals surface area contributed by atoms with Gasteiger partial charge in [-0.2, -0.15) is 0 Å². The molecule has 2 aromatic carbocycles. The van der Waals surface area contributed by atoms with E-state index in [4.69, 9.17) is 9.84 Å². The van der Waals surface area contributed by atoms with Crippen molar-refractivity contribution < 1.29 is 19.6 Å². The molecule has 2 rings (SSSR count). The second-order valence-corrected chi connectivity index (χ2v) is 4.01. The molecule has 0 heterocycles. The first-order valence-electron chi connectivity index (χ1n) is 5.76. The molecule has 0 atom stereocenters. The summed E-state index contributed by atoms with van der Waals surface area (Å²) >= 11 is 0. The maximum absolute atomic E-state index is 11.0. The van der Waals surface area contributed by atoms with Gasteiger partial charge in [0.15, 0.2) is 0 Å². The average Bonchev–Trinajstić information content (AvgIpc) is 2.45. The largest absolute Gasteiger partial charge is 0.489 e. The lowest BCUT2D eigenvalue weighted by atomic mass is 10.1. The summed E-state index contributed by atoms with van der Waals surface area (Å²) in [6, 6.07) is 12.6. The highest BCUT2D eigenvalue weighted by atomic mass is 16.6. The van der Waals surface area contributed by atoms with Crippen LogP contribution in [0, 0.1) is 10.1 Å². The summed E-state index contributed by atoms with van der Waals surface area (Å²) in [4.78, 5) is 21.2. The maximum Gasteiger partial charge on any atom is 0.335 e. The highest BCUT2D eigenvalue weighted by Gasteiger charge is 2.17. The number of ether oxygens (including phenoxy) is 1. The van der Waals surface area contributed by atoms with Gasteiger partial charge < -0.3 is 9.84 Å². The number of hydrogen-bond donors (Lipinski definition) is 1. The van der Waals surface area contributed by atoms with Crippen molar-refractivity contribution in [2.24, 2.45) is 0 Å². The Bertz CT molecular complexity index is 639. The standard InChI is InChI=1S/C14H11NO5/c16-14(17)10-6-7-11(13(8-10)15(18)19)9-20-12-4-2-1-3-5-12/h1-8H,9H2,(H,16,17). The van der Waals surface area contributed by atoms with Crippen LogP contribution in [0.2, 0.25) is 0 Å². The Morgan fingerprint density at radius 1 is 1.20 bits per heavy atom. The SMILES string of the molecule is O=C(O)c1ccc(COc2ccccc2)c([N+](=O)[O-])c1. The zero-order valence-corrected chi connectivity index (χ0v) is 10.4. The predicted octanol–water partition coefficient (Wildman–Crippen LogP) is 2.87. The molecule has 0 aliphatic carbocycles. The summed E-state index contributed by atoms with van der Waals surface area (Å²) in [7, 11) is 0. The van der Waals surface area contributed by atoms with Gasteiger partial charge in [0.25, 0.3) is 5.69 Å². The summed E-state index contributed by atoms with van der Waals surface area (Å²) < 4.78 is 5.43. The lowest BCUT2D eigenvalue weighted by Crippen LogP contribution is -2.04. The molecule has 0 aromatic heterocycles. The molecule has 2 aromatic rings. The zero-order chi connectivity index (χ0) is 14.5. The molecule has 6 nitrogen and oxygen atoms in total. The number of nitro benzene ring substituents is 1. The Hall–Kier alpha value is -2.89. The van der Waals surface area contributed by atoms with E-state index < -0.39 is 10.9 Å². The summed E-state index contributed by atoms with van der Waals surface area (Å²) in [5.74, 6) is -0.618. The Labute approximate surface area is 114 Å². The van der Waals surface area contributed by atoms with Crippen molar-refractivity contribution in [2.75, 3.05) is 0 Å². The summed E-state index contributed by atoms with van der Waals surface area (Å²) in [6.07, 6.45) is 0. The number of hydrogen-bond acceptors (Lipinski definition) is 4. The van der Waals surface area contributed by atoms with Gasteiger partial charge in [-0.3, -0.25) is 10.1 Å². The van der Waals surface area contributed by atoms with Crippen molar-refractivity contribution in [3.63, 3.8) is 0 Å². The first-order valence-corrected chi connectivity index (χ1v) is 5.76. The smallest absolute Gasteiger partial charge is 0.335 e. The molecule has 6 heteroatoms. The van der Waals surface area contributed by atoms with Gasteiger partial charge in [0, 0.05) is 6.07 Å². The third kappa shape index (κ3) is 3.11. The quantitative estimate of drug-likeness (QED) is 0.668. The molecule has 0 radical (unpaired) electrons. The zero-order valence-electron chi connectivity index (χ0n) is 10.4. The average molecular weight is 273 g/mol. The van der Waals surface area contributed by atoms with Gasteiger partial charge in [-0.25, -0.2) is 4.79 Å². The molecule has 0 aliphatic rings. The molecule has 0 saturated carbocycles. The van der Waals surface area contributed by atoms with Crippen molar-refractivity contribution in [3.8, 4) is 5.75 Å². The molecule has 0 bridgehead atoms. The highest BCUT2D eigenvalue weighted by Crippen LogP contribution is 2.22. The van der Waals surface area contributed by atoms with Gasteiger partial charge in [0.05, 0.1) is 16.1 Å². The van der Waals surface area contributed by atoms with Crippen LogP contribution in [0.1, 0.15) is 15.9 Å². The Morgan fingerprint density at radius 3 is 2.50 bits per heavy atom. The molecular weight excluding hydrogens is 262 g/mol. The van der Waals surface area contributed by atoms with Crippen molar-refractivity contribution in [2.45, 2.75) is 6.61 Å². The van der Waals surface area contributed by atoms with Crippen LogP contribution in [-0.4, -0.2) is 16.0 Å². The fourth-order valence-electron chi connectivity index (χ4n) is 1.67. The number of carboxylic acids is 1. The molecule has 0 amide bonds. The van der Waals surface area contributed by atoms with E-state index in [-0.39, 0.29) is 17.9 Å². The summed E-state index contributed by atoms with van der Waals surface area (Å²) in [6.45, 7) is 0.000224. The normalized spacial score (nSPS) is 10.0. The summed E-state index contributed by atoms with van der Waals surface area (Å²) in [5, 5.41) is 19.8. The fraction of sp³-hybridized carbons (Fsp3) is 0.0714. The summed E-state index contributed by atoms with van der Waals surface area (Å²) in [5.41, 5.74) is -0.0650. The molecule has 0 saturated heterocycles. The lowest BCUT2D eigenvalue weighted by molar-refractivity contribution is -0.385. The predicted molar refractivity (Wildman–Crippen MR) is 70.8 cm³/mol. The number of benzene rings is 2. The van der Waals surface area contributed by atoms with Gasteiger partial charge in [-0.05, 0) is 24.3 Å². The minimum absolute atomic E-state index is 0.000224. The molecule has 1 N–H and O–H groups in total. The minimum Gasteiger partial charge on any atom is -0.489 e. The third-order valence-corrected chi connectivity index (χ3v) is 2.67. The topological polar surface area (TPSA) is 89.7 Å². The van der Waals surface area contributed by atoms with Crippen molar-refractivity contribution in [3.05, 3.63) is 69.8 Å². The van der Waals surface area contributed by atoms with E-state index in [0.29, 0.717) is 11.3 Å². The lowest BCUT2D eigenvalue weighted by Gasteiger charge is -2.07. The molecular formula is C14H11NO5. The van der Waals surface area contributed by atoms with Crippen LogP contribution < -0.4 is 4.74 Å². The molecule has 20 heavy (non-hydrogen) atoms. The number of carbonyl (C=O) groups is 1. The first-order chi connectivity index (χ1) is 9.58. The van der Waals surface area contributed by atoms with Crippen LogP contribution in [0.5, 0.6) is 5.75 Å². The number of carboxylic acid groups (broad SMARTS) is 1. The van der Waals surface area contributed by atoms with Gasteiger partial charge in [0.1, 0.15) is 12.4 Å². The second kappa shape index (κ2) is 5.83. The highest BCUT2D eigenvalue weighted by molar-refractivity contribution is 5.88. The third-order valence-electron chi connectivity index (χ3n) is 2.67. The number of nitrogens with zero attached hydrogens (tertiary/aromatic N) is 1. The number of aromatic carboxylic acids is 1. The van der Waals surface area contributed by atoms with E-state index >= 15 is 0 Å². The van der Waals surface area contributed by atoms with Gasteiger partial charge in [-0.15, -0.1) is 0 Å².